The molecular weight excluding hydrogens is 344 g/mol. The van der Waals surface area contributed by atoms with Gasteiger partial charge in [-0.15, -0.1) is 11.3 Å². The lowest BCUT2D eigenvalue weighted by Crippen LogP contribution is -2.08. The standard InChI is InChI=1S/C20H18N4OS/c1-12-19(26-20(23-12)14-5-3-7-21-9-14)17-10-22-16-6-2-4-13(18(16)24-17)8-15-11-25-15/h3,5,7-10,15H,2,4,6,11H2,1H3. The number of nitrogens with zero attached hydrogens (tertiary/aromatic N) is 4. The molecule has 4 heterocycles. The average Bonchev–Trinajstić information content (AvgIpc) is 3.41. The van der Waals surface area contributed by atoms with E-state index in [4.69, 9.17) is 19.7 Å². The lowest BCUT2D eigenvalue weighted by atomic mass is 9.94. The van der Waals surface area contributed by atoms with E-state index >= 15 is 0 Å². The molecule has 0 bridgehead atoms. The zero-order chi connectivity index (χ0) is 17.5. The molecule has 1 fully saturated rings. The summed E-state index contributed by atoms with van der Waals surface area (Å²) in [6.45, 7) is 2.86. The Morgan fingerprint density at radius 2 is 2.15 bits per heavy atom. The van der Waals surface area contributed by atoms with Crippen LogP contribution in [-0.2, 0) is 11.2 Å². The first-order chi connectivity index (χ1) is 12.8. The van der Waals surface area contributed by atoms with Crippen molar-refractivity contribution < 1.29 is 4.74 Å². The van der Waals surface area contributed by atoms with E-state index in [1.165, 1.54) is 5.57 Å². The van der Waals surface area contributed by atoms with Gasteiger partial charge in [-0.25, -0.2) is 9.97 Å². The highest BCUT2D eigenvalue weighted by molar-refractivity contribution is 7.18. The molecule has 5 nitrogen and oxygen atoms in total. The molecule has 0 saturated carbocycles. The van der Waals surface area contributed by atoms with Crippen molar-refractivity contribution in [1.29, 1.82) is 0 Å². The molecule has 1 aliphatic carbocycles. The van der Waals surface area contributed by atoms with Crippen LogP contribution in [0.4, 0.5) is 0 Å². The fourth-order valence-electron chi connectivity index (χ4n) is 3.31. The molecule has 0 radical (unpaired) electrons. The van der Waals surface area contributed by atoms with Crippen LogP contribution < -0.4 is 0 Å². The molecule has 3 aromatic rings. The number of ether oxygens (including phenoxy) is 1. The summed E-state index contributed by atoms with van der Waals surface area (Å²) in [5.41, 5.74) is 6.33. The van der Waals surface area contributed by atoms with Crippen molar-refractivity contribution in [2.45, 2.75) is 32.3 Å². The number of epoxide rings is 1. The van der Waals surface area contributed by atoms with Gasteiger partial charge < -0.3 is 4.74 Å². The third-order valence-electron chi connectivity index (χ3n) is 4.70. The van der Waals surface area contributed by atoms with Gasteiger partial charge in [0.2, 0.25) is 0 Å². The number of aryl methyl sites for hydroxylation is 2. The van der Waals surface area contributed by atoms with Crippen molar-refractivity contribution >= 4 is 16.9 Å². The van der Waals surface area contributed by atoms with Gasteiger partial charge in [0.15, 0.2) is 0 Å². The molecule has 5 rings (SSSR count). The second-order valence-electron chi connectivity index (χ2n) is 6.64. The van der Waals surface area contributed by atoms with Crippen LogP contribution in [0.3, 0.4) is 0 Å². The SMILES string of the molecule is Cc1nc(-c2cccnc2)sc1-c1cnc2c(n1)C(=CC1CO1)CCC2. The van der Waals surface area contributed by atoms with E-state index in [2.05, 4.69) is 11.1 Å². The van der Waals surface area contributed by atoms with Crippen molar-refractivity contribution in [3.63, 3.8) is 0 Å². The predicted octanol–water partition coefficient (Wildman–Crippen LogP) is 4.09. The maximum Gasteiger partial charge on any atom is 0.125 e. The summed E-state index contributed by atoms with van der Waals surface area (Å²) >= 11 is 1.65. The molecule has 130 valence electrons. The van der Waals surface area contributed by atoms with Crippen LogP contribution in [0.5, 0.6) is 0 Å². The summed E-state index contributed by atoms with van der Waals surface area (Å²) in [6, 6.07) is 3.96. The predicted molar refractivity (Wildman–Crippen MR) is 102 cm³/mol. The Balaban J connectivity index is 1.56. The van der Waals surface area contributed by atoms with Gasteiger partial charge >= 0.3 is 0 Å². The van der Waals surface area contributed by atoms with E-state index in [1.54, 1.807) is 17.5 Å². The number of allylic oxidation sites excluding steroid dienone is 1. The Morgan fingerprint density at radius 3 is 2.96 bits per heavy atom. The first kappa shape index (κ1) is 15.8. The van der Waals surface area contributed by atoms with Gasteiger partial charge in [0.05, 0.1) is 40.9 Å². The maximum absolute atomic E-state index is 5.37. The van der Waals surface area contributed by atoms with Crippen molar-refractivity contribution in [3.8, 4) is 21.1 Å². The fourth-order valence-corrected chi connectivity index (χ4v) is 4.32. The van der Waals surface area contributed by atoms with Gasteiger partial charge in [-0.05, 0) is 50.0 Å². The highest BCUT2D eigenvalue weighted by Crippen LogP contribution is 2.36. The number of pyridine rings is 1. The zero-order valence-electron chi connectivity index (χ0n) is 14.5. The molecule has 2 aliphatic rings. The number of aromatic nitrogens is 4. The maximum atomic E-state index is 5.37. The van der Waals surface area contributed by atoms with Gasteiger partial charge in [0, 0.05) is 18.0 Å². The molecule has 0 amide bonds. The molecule has 0 spiro atoms. The van der Waals surface area contributed by atoms with E-state index in [1.807, 2.05) is 31.5 Å². The molecule has 6 heteroatoms. The van der Waals surface area contributed by atoms with Crippen LogP contribution >= 0.6 is 11.3 Å². The minimum absolute atomic E-state index is 0.267. The second-order valence-corrected chi connectivity index (χ2v) is 7.64. The largest absolute Gasteiger partial charge is 0.369 e. The number of hydrogen-bond donors (Lipinski definition) is 0. The molecule has 1 atom stereocenters. The van der Waals surface area contributed by atoms with Crippen molar-refractivity contribution in [2.24, 2.45) is 0 Å². The molecule has 1 aliphatic heterocycles. The van der Waals surface area contributed by atoms with E-state index in [0.29, 0.717) is 0 Å². The van der Waals surface area contributed by atoms with Gasteiger partial charge in [-0.2, -0.15) is 0 Å². The number of hydrogen-bond acceptors (Lipinski definition) is 6. The highest BCUT2D eigenvalue weighted by Gasteiger charge is 2.25. The molecule has 3 aromatic heterocycles. The molecule has 0 aromatic carbocycles. The number of thiazole rings is 1. The smallest absolute Gasteiger partial charge is 0.125 e. The lowest BCUT2D eigenvalue weighted by Gasteiger charge is -2.17. The van der Waals surface area contributed by atoms with Gasteiger partial charge in [0.1, 0.15) is 10.7 Å². The Labute approximate surface area is 155 Å². The van der Waals surface area contributed by atoms with Crippen LogP contribution in [-0.4, -0.2) is 32.6 Å². The quantitative estimate of drug-likeness (QED) is 0.657. The Morgan fingerprint density at radius 1 is 1.23 bits per heavy atom. The monoisotopic (exact) mass is 362 g/mol. The van der Waals surface area contributed by atoms with Gasteiger partial charge in [0.25, 0.3) is 0 Å². The van der Waals surface area contributed by atoms with E-state index in [9.17, 15) is 0 Å². The van der Waals surface area contributed by atoms with Crippen LogP contribution in [0.2, 0.25) is 0 Å². The average molecular weight is 362 g/mol. The summed E-state index contributed by atoms with van der Waals surface area (Å²) in [5, 5.41) is 0.965. The van der Waals surface area contributed by atoms with E-state index in [0.717, 1.165) is 64.1 Å². The van der Waals surface area contributed by atoms with Crippen LogP contribution in [0.1, 0.15) is 29.9 Å². The highest BCUT2D eigenvalue weighted by atomic mass is 32.1. The molecule has 26 heavy (non-hydrogen) atoms. The first-order valence-electron chi connectivity index (χ1n) is 8.85. The minimum atomic E-state index is 0.267. The summed E-state index contributed by atoms with van der Waals surface area (Å²) in [5.74, 6) is 0. The van der Waals surface area contributed by atoms with Crippen molar-refractivity contribution in [1.82, 2.24) is 19.9 Å². The van der Waals surface area contributed by atoms with Crippen molar-refractivity contribution in [3.05, 3.63) is 53.9 Å². The molecular formula is C20H18N4OS. The Kier molecular flexibility index (Phi) is 3.87. The third kappa shape index (κ3) is 2.95. The molecule has 1 unspecified atom stereocenters. The summed E-state index contributed by atoms with van der Waals surface area (Å²) in [4.78, 5) is 19.7. The summed E-state index contributed by atoms with van der Waals surface area (Å²) in [6.07, 6.45) is 11.2. The fraction of sp³-hybridized carbons (Fsp3) is 0.300. The topological polar surface area (TPSA) is 64.1 Å². The number of rotatable bonds is 3. The molecule has 0 N–H and O–H groups in total. The Bertz CT molecular complexity index is 992. The van der Waals surface area contributed by atoms with E-state index in [-0.39, 0.29) is 6.10 Å². The van der Waals surface area contributed by atoms with Crippen molar-refractivity contribution in [2.75, 3.05) is 6.61 Å². The summed E-state index contributed by atoms with van der Waals surface area (Å²) in [7, 11) is 0. The molecule has 1 saturated heterocycles. The zero-order valence-corrected chi connectivity index (χ0v) is 15.3. The van der Waals surface area contributed by atoms with Crippen LogP contribution in [0.15, 0.2) is 36.8 Å². The number of fused-ring (bicyclic) bond motifs is 1. The lowest BCUT2D eigenvalue weighted by molar-refractivity contribution is 0.440. The minimum Gasteiger partial charge on any atom is -0.369 e. The second kappa shape index (κ2) is 6.37. The normalized spacial score (nSPS) is 20.2. The van der Waals surface area contributed by atoms with Crippen LogP contribution in [0, 0.1) is 6.92 Å². The van der Waals surface area contributed by atoms with Crippen LogP contribution in [0.25, 0.3) is 26.7 Å². The van der Waals surface area contributed by atoms with Gasteiger partial charge in [-0.3, -0.25) is 9.97 Å². The van der Waals surface area contributed by atoms with E-state index < -0.39 is 0 Å². The van der Waals surface area contributed by atoms with Gasteiger partial charge in [-0.1, -0.05) is 0 Å². The summed E-state index contributed by atoms with van der Waals surface area (Å²) < 4.78 is 5.37. The third-order valence-corrected chi connectivity index (χ3v) is 5.93. The first-order valence-corrected chi connectivity index (χ1v) is 9.66. The Hall–Kier alpha value is -2.44.